The van der Waals surface area contributed by atoms with Gasteiger partial charge in [-0.15, -0.1) is 0 Å². The highest BCUT2D eigenvalue weighted by atomic mass is 16.5. The largest absolute Gasteiger partial charge is 0.494 e. The summed E-state index contributed by atoms with van der Waals surface area (Å²) in [7, 11) is 0. The third kappa shape index (κ3) is 4.52. The highest BCUT2D eigenvalue weighted by molar-refractivity contribution is 5.95. The Kier molecular flexibility index (Phi) is 5.70. The number of carbonyl (C=O) groups is 1. The number of nitrogens with zero attached hydrogens (tertiary/aromatic N) is 2. The SMILES string of the molecule is NC(=O)N(O)CCCOc1cccc(C2=N[C@H](c3ccccc3)CO2)c1. The van der Waals surface area contributed by atoms with Crippen molar-refractivity contribution in [3.8, 4) is 5.75 Å². The molecule has 0 saturated heterocycles. The molecule has 0 aromatic heterocycles. The number of hydroxylamine groups is 2. The number of amides is 2. The standard InChI is InChI=1S/C19H21N3O4/c20-19(23)22(24)10-5-11-25-16-9-4-8-15(12-16)18-21-17(13-26-18)14-6-2-1-3-7-14/h1-4,6-9,12,17,24H,5,10-11,13H2,(H2,20,23)/t17-/m0/s1. The Morgan fingerprint density at radius 1 is 1.27 bits per heavy atom. The summed E-state index contributed by atoms with van der Waals surface area (Å²) in [5, 5.41) is 9.66. The number of hydrogen-bond donors (Lipinski definition) is 2. The number of nitrogens with two attached hydrogens (primary N) is 1. The summed E-state index contributed by atoms with van der Waals surface area (Å²) in [6, 6.07) is 16.6. The van der Waals surface area contributed by atoms with E-state index in [9.17, 15) is 10.0 Å². The summed E-state index contributed by atoms with van der Waals surface area (Å²) in [6.45, 7) is 0.973. The van der Waals surface area contributed by atoms with Gasteiger partial charge in [0, 0.05) is 12.0 Å². The van der Waals surface area contributed by atoms with Gasteiger partial charge in [0.2, 0.25) is 5.90 Å². The molecule has 3 N–H and O–H groups in total. The number of aliphatic imine (C=N–C) groups is 1. The van der Waals surface area contributed by atoms with E-state index in [1.165, 1.54) is 0 Å². The molecule has 1 aliphatic rings. The number of primary amides is 1. The van der Waals surface area contributed by atoms with E-state index in [1.54, 1.807) is 0 Å². The molecule has 0 bridgehead atoms. The number of benzene rings is 2. The van der Waals surface area contributed by atoms with Crippen LogP contribution in [0.4, 0.5) is 4.79 Å². The summed E-state index contributed by atoms with van der Waals surface area (Å²) in [6.07, 6.45) is 0.456. The number of hydrogen-bond acceptors (Lipinski definition) is 5. The number of ether oxygens (including phenoxy) is 2. The lowest BCUT2D eigenvalue weighted by Gasteiger charge is -2.12. The van der Waals surface area contributed by atoms with E-state index >= 15 is 0 Å². The van der Waals surface area contributed by atoms with Gasteiger partial charge in [0.15, 0.2) is 0 Å². The third-order valence-electron chi connectivity index (χ3n) is 3.95. The molecule has 136 valence electrons. The van der Waals surface area contributed by atoms with Crippen LogP contribution in [0.5, 0.6) is 5.75 Å². The molecule has 0 fully saturated rings. The predicted octanol–water partition coefficient (Wildman–Crippen LogP) is 2.74. The van der Waals surface area contributed by atoms with Gasteiger partial charge in [-0.3, -0.25) is 5.21 Å². The molecule has 2 aromatic rings. The van der Waals surface area contributed by atoms with Crippen molar-refractivity contribution < 1.29 is 19.5 Å². The number of carbonyl (C=O) groups excluding carboxylic acids is 1. The van der Waals surface area contributed by atoms with Gasteiger partial charge in [0.25, 0.3) is 0 Å². The van der Waals surface area contributed by atoms with E-state index in [-0.39, 0.29) is 12.6 Å². The van der Waals surface area contributed by atoms with Crippen molar-refractivity contribution in [1.29, 1.82) is 0 Å². The van der Waals surface area contributed by atoms with Crippen molar-refractivity contribution in [2.24, 2.45) is 10.7 Å². The van der Waals surface area contributed by atoms with Gasteiger partial charge >= 0.3 is 6.03 Å². The maximum Gasteiger partial charge on any atom is 0.338 e. The molecule has 7 nitrogen and oxygen atoms in total. The minimum Gasteiger partial charge on any atom is -0.494 e. The van der Waals surface area contributed by atoms with Crippen LogP contribution in [0, 0.1) is 0 Å². The van der Waals surface area contributed by atoms with Crippen LogP contribution < -0.4 is 10.5 Å². The molecule has 2 aromatic carbocycles. The Morgan fingerprint density at radius 2 is 2.08 bits per heavy atom. The predicted molar refractivity (Wildman–Crippen MR) is 96.3 cm³/mol. The molecule has 0 aliphatic carbocycles. The Labute approximate surface area is 151 Å². The highest BCUT2D eigenvalue weighted by Gasteiger charge is 2.21. The minimum absolute atomic E-state index is 0.000103. The Morgan fingerprint density at radius 3 is 2.85 bits per heavy atom. The van der Waals surface area contributed by atoms with Crippen LogP contribution in [0.15, 0.2) is 59.6 Å². The Hall–Kier alpha value is -3.06. The first-order chi connectivity index (χ1) is 12.6. The average Bonchev–Trinajstić information content (AvgIpc) is 3.16. The Balaban J connectivity index is 1.58. The van der Waals surface area contributed by atoms with Gasteiger partial charge in [-0.2, -0.15) is 0 Å². The molecule has 7 heteroatoms. The van der Waals surface area contributed by atoms with Crippen molar-refractivity contribution in [3.05, 3.63) is 65.7 Å². The quantitative estimate of drug-likeness (QED) is 0.453. The molecular formula is C19H21N3O4. The normalized spacial score (nSPS) is 15.9. The lowest BCUT2D eigenvalue weighted by atomic mass is 10.1. The molecule has 1 aliphatic heterocycles. The van der Waals surface area contributed by atoms with Crippen LogP contribution in [0.1, 0.15) is 23.6 Å². The van der Waals surface area contributed by atoms with E-state index in [2.05, 4.69) is 4.99 Å². The first-order valence-corrected chi connectivity index (χ1v) is 8.38. The molecule has 1 atom stereocenters. The molecular weight excluding hydrogens is 334 g/mol. The van der Waals surface area contributed by atoms with Gasteiger partial charge in [0.1, 0.15) is 18.4 Å². The molecule has 1 heterocycles. The van der Waals surface area contributed by atoms with Crippen LogP contribution in [-0.4, -0.2) is 42.0 Å². The van der Waals surface area contributed by atoms with E-state index in [1.807, 2.05) is 54.6 Å². The summed E-state index contributed by atoms with van der Waals surface area (Å²) < 4.78 is 11.4. The summed E-state index contributed by atoms with van der Waals surface area (Å²) in [5.74, 6) is 1.26. The van der Waals surface area contributed by atoms with Crippen LogP contribution in [-0.2, 0) is 4.74 Å². The van der Waals surface area contributed by atoms with E-state index in [0.29, 0.717) is 36.3 Å². The average molecular weight is 355 g/mol. The van der Waals surface area contributed by atoms with Crippen LogP contribution in [0.2, 0.25) is 0 Å². The van der Waals surface area contributed by atoms with Gasteiger partial charge in [-0.25, -0.2) is 14.9 Å². The summed E-state index contributed by atoms with van der Waals surface area (Å²) >= 11 is 0. The zero-order chi connectivity index (χ0) is 18.4. The van der Waals surface area contributed by atoms with Gasteiger partial charge in [-0.05, 0) is 23.8 Å². The van der Waals surface area contributed by atoms with Crippen molar-refractivity contribution in [2.75, 3.05) is 19.8 Å². The maximum atomic E-state index is 10.7. The van der Waals surface area contributed by atoms with Gasteiger partial charge in [-0.1, -0.05) is 36.4 Å². The number of urea groups is 1. The van der Waals surface area contributed by atoms with Crippen molar-refractivity contribution in [2.45, 2.75) is 12.5 Å². The summed E-state index contributed by atoms with van der Waals surface area (Å²) in [4.78, 5) is 15.4. The monoisotopic (exact) mass is 355 g/mol. The highest BCUT2D eigenvalue weighted by Crippen LogP contribution is 2.26. The zero-order valence-corrected chi connectivity index (χ0v) is 14.2. The molecule has 0 unspecified atom stereocenters. The van der Waals surface area contributed by atoms with Crippen molar-refractivity contribution in [1.82, 2.24) is 5.06 Å². The van der Waals surface area contributed by atoms with Crippen LogP contribution in [0.25, 0.3) is 0 Å². The fourth-order valence-corrected chi connectivity index (χ4v) is 2.61. The molecule has 2 amide bonds. The van der Waals surface area contributed by atoms with Crippen molar-refractivity contribution >= 4 is 11.9 Å². The first-order valence-electron chi connectivity index (χ1n) is 8.38. The fraction of sp³-hybridized carbons (Fsp3) is 0.263. The second-order valence-corrected chi connectivity index (χ2v) is 5.86. The summed E-state index contributed by atoms with van der Waals surface area (Å²) in [5.41, 5.74) is 6.91. The van der Waals surface area contributed by atoms with Crippen LogP contribution >= 0.6 is 0 Å². The lowest BCUT2D eigenvalue weighted by molar-refractivity contribution is -0.0418. The van der Waals surface area contributed by atoms with E-state index in [0.717, 1.165) is 11.1 Å². The second-order valence-electron chi connectivity index (χ2n) is 5.86. The molecule has 26 heavy (non-hydrogen) atoms. The lowest BCUT2D eigenvalue weighted by Crippen LogP contribution is -2.33. The molecule has 0 saturated carbocycles. The topological polar surface area (TPSA) is 97.4 Å². The fourth-order valence-electron chi connectivity index (χ4n) is 2.61. The maximum absolute atomic E-state index is 10.7. The van der Waals surface area contributed by atoms with Gasteiger partial charge in [0.05, 0.1) is 13.2 Å². The third-order valence-corrected chi connectivity index (χ3v) is 3.95. The van der Waals surface area contributed by atoms with Crippen LogP contribution in [0.3, 0.4) is 0 Å². The molecule has 0 spiro atoms. The number of rotatable bonds is 7. The first kappa shape index (κ1) is 17.8. The second kappa shape index (κ2) is 8.35. The van der Waals surface area contributed by atoms with Gasteiger partial charge < -0.3 is 15.2 Å². The van der Waals surface area contributed by atoms with E-state index in [4.69, 9.17) is 15.2 Å². The molecule has 0 radical (unpaired) electrons. The Bertz CT molecular complexity index is 779. The smallest absolute Gasteiger partial charge is 0.338 e. The van der Waals surface area contributed by atoms with E-state index < -0.39 is 6.03 Å². The van der Waals surface area contributed by atoms with Crippen molar-refractivity contribution in [3.63, 3.8) is 0 Å². The minimum atomic E-state index is -0.878. The molecule has 3 rings (SSSR count). The zero-order valence-electron chi connectivity index (χ0n) is 14.2.